The van der Waals surface area contributed by atoms with Crippen molar-refractivity contribution in [1.82, 2.24) is 9.97 Å². The summed E-state index contributed by atoms with van der Waals surface area (Å²) in [6, 6.07) is 2.62. The van der Waals surface area contributed by atoms with Crippen molar-refractivity contribution in [2.45, 2.75) is 31.7 Å². The van der Waals surface area contributed by atoms with Crippen molar-refractivity contribution >= 4 is 5.82 Å². The lowest BCUT2D eigenvalue weighted by Crippen LogP contribution is -2.26. The van der Waals surface area contributed by atoms with Crippen molar-refractivity contribution in [3.05, 3.63) is 18.6 Å². The van der Waals surface area contributed by atoms with E-state index in [2.05, 4.69) is 15.3 Å². The van der Waals surface area contributed by atoms with E-state index >= 15 is 0 Å². The Balaban J connectivity index is 1.69. The maximum atomic E-state index is 4.20. The number of aromatic nitrogens is 2. The quantitative estimate of drug-likeness (QED) is 0.774. The molecule has 2 fully saturated rings. The molecule has 3 nitrogen and oxygen atoms in total. The van der Waals surface area contributed by atoms with E-state index in [1.807, 2.05) is 6.07 Å². The normalized spacial score (nSPS) is 34.7. The molecule has 1 aromatic heterocycles. The minimum atomic E-state index is 0.670. The Morgan fingerprint density at radius 2 is 2.29 bits per heavy atom. The zero-order valence-corrected chi connectivity index (χ0v) is 8.19. The van der Waals surface area contributed by atoms with Gasteiger partial charge in [0.15, 0.2) is 0 Å². The molecule has 0 radical (unpaired) electrons. The van der Waals surface area contributed by atoms with Crippen LogP contribution in [0.1, 0.15) is 25.7 Å². The van der Waals surface area contributed by atoms with Gasteiger partial charge >= 0.3 is 0 Å². The van der Waals surface area contributed by atoms with Crippen LogP contribution in [0, 0.1) is 11.8 Å². The molecule has 0 aliphatic heterocycles. The van der Waals surface area contributed by atoms with Crippen LogP contribution in [0.15, 0.2) is 18.6 Å². The number of hydrogen-bond acceptors (Lipinski definition) is 3. The molecule has 1 aromatic rings. The zero-order valence-electron chi connectivity index (χ0n) is 8.19. The van der Waals surface area contributed by atoms with Crippen molar-refractivity contribution in [1.29, 1.82) is 0 Å². The lowest BCUT2D eigenvalue weighted by molar-refractivity contribution is 0.439. The van der Waals surface area contributed by atoms with Crippen LogP contribution >= 0.6 is 0 Å². The maximum Gasteiger partial charge on any atom is 0.129 e. The van der Waals surface area contributed by atoms with Gasteiger partial charge in [-0.15, -0.1) is 0 Å². The first kappa shape index (κ1) is 8.21. The van der Waals surface area contributed by atoms with Crippen LogP contribution in [0.25, 0.3) is 0 Å². The second kappa shape index (κ2) is 3.23. The summed E-state index contributed by atoms with van der Waals surface area (Å²) in [5.41, 5.74) is 0. The van der Waals surface area contributed by atoms with Crippen LogP contribution < -0.4 is 5.32 Å². The highest BCUT2D eigenvalue weighted by Crippen LogP contribution is 2.45. The fraction of sp³-hybridized carbons (Fsp3) is 0.636. The number of fused-ring (bicyclic) bond motifs is 2. The fourth-order valence-corrected chi connectivity index (χ4v) is 2.99. The molecule has 2 aliphatic rings. The first-order chi connectivity index (χ1) is 6.92. The highest BCUT2D eigenvalue weighted by atomic mass is 15.0. The van der Waals surface area contributed by atoms with E-state index in [1.54, 1.807) is 12.5 Å². The molecule has 3 atom stereocenters. The van der Waals surface area contributed by atoms with Crippen LogP contribution in [0.3, 0.4) is 0 Å². The molecule has 2 aliphatic carbocycles. The van der Waals surface area contributed by atoms with Gasteiger partial charge in [-0.3, -0.25) is 0 Å². The number of nitrogens with zero attached hydrogens (tertiary/aromatic N) is 2. The van der Waals surface area contributed by atoms with Crippen molar-refractivity contribution in [3.8, 4) is 0 Å². The Bertz CT molecular complexity index is 312. The summed E-state index contributed by atoms with van der Waals surface area (Å²) >= 11 is 0. The summed E-state index contributed by atoms with van der Waals surface area (Å²) < 4.78 is 0. The summed E-state index contributed by atoms with van der Waals surface area (Å²) in [7, 11) is 0. The molecule has 3 rings (SSSR count). The van der Waals surface area contributed by atoms with E-state index in [-0.39, 0.29) is 0 Å². The highest BCUT2D eigenvalue weighted by molar-refractivity contribution is 5.34. The molecule has 0 aromatic carbocycles. The number of rotatable bonds is 2. The maximum absolute atomic E-state index is 4.20. The third-order valence-corrected chi connectivity index (χ3v) is 3.65. The van der Waals surface area contributed by atoms with Crippen LogP contribution in [0.4, 0.5) is 5.82 Å². The molecule has 0 spiro atoms. The number of nitrogens with one attached hydrogen (secondary N) is 1. The molecular formula is C11H15N3. The van der Waals surface area contributed by atoms with Gasteiger partial charge in [0.05, 0.1) is 0 Å². The van der Waals surface area contributed by atoms with Crippen LogP contribution in [0.2, 0.25) is 0 Å². The average molecular weight is 189 g/mol. The largest absolute Gasteiger partial charge is 0.367 e. The fourth-order valence-electron chi connectivity index (χ4n) is 2.99. The van der Waals surface area contributed by atoms with Crippen molar-refractivity contribution in [2.24, 2.45) is 11.8 Å². The van der Waals surface area contributed by atoms with Crippen molar-refractivity contribution in [2.75, 3.05) is 5.32 Å². The Kier molecular flexibility index (Phi) is 1.89. The second-order valence-corrected chi connectivity index (χ2v) is 4.52. The summed E-state index contributed by atoms with van der Waals surface area (Å²) in [5.74, 6) is 2.87. The molecule has 1 N–H and O–H groups in total. The lowest BCUT2D eigenvalue weighted by atomic mass is 9.95. The van der Waals surface area contributed by atoms with Gasteiger partial charge < -0.3 is 5.32 Å². The summed E-state index contributed by atoms with van der Waals surface area (Å²) in [5, 5.41) is 3.52. The third kappa shape index (κ3) is 1.37. The van der Waals surface area contributed by atoms with Crippen molar-refractivity contribution in [3.63, 3.8) is 0 Å². The highest BCUT2D eigenvalue weighted by Gasteiger charge is 2.39. The molecule has 2 bridgehead atoms. The van der Waals surface area contributed by atoms with Gasteiger partial charge in [0, 0.05) is 12.2 Å². The van der Waals surface area contributed by atoms with E-state index in [9.17, 15) is 0 Å². The summed E-state index contributed by atoms with van der Waals surface area (Å²) in [6.07, 6.45) is 9.04. The van der Waals surface area contributed by atoms with E-state index in [0.29, 0.717) is 6.04 Å². The van der Waals surface area contributed by atoms with Gasteiger partial charge in [-0.25, -0.2) is 9.97 Å². The Morgan fingerprint density at radius 1 is 1.29 bits per heavy atom. The molecule has 3 heteroatoms. The zero-order chi connectivity index (χ0) is 9.38. The molecule has 3 unspecified atom stereocenters. The van der Waals surface area contributed by atoms with E-state index in [1.165, 1.54) is 25.7 Å². The molecule has 1 heterocycles. The third-order valence-electron chi connectivity index (χ3n) is 3.65. The smallest absolute Gasteiger partial charge is 0.129 e. The Hall–Kier alpha value is -1.12. The van der Waals surface area contributed by atoms with E-state index in [0.717, 1.165) is 17.7 Å². The molecule has 14 heavy (non-hydrogen) atoms. The first-order valence-corrected chi connectivity index (χ1v) is 5.44. The van der Waals surface area contributed by atoms with Crippen molar-refractivity contribution < 1.29 is 0 Å². The predicted octanol–water partition coefficient (Wildman–Crippen LogP) is 2.08. The van der Waals surface area contributed by atoms with Crippen LogP contribution in [-0.2, 0) is 0 Å². The predicted molar refractivity (Wildman–Crippen MR) is 54.9 cm³/mol. The van der Waals surface area contributed by atoms with Crippen LogP contribution in [0.5, 0.6) is 0 Å². The molecule has 2 saturated carbocycles. The summed E-state index contributed by atoms with van der Waals surface area (Å²) in [4.78, 5) is 8.12. The minimum Gasteiger partial charge on any atom is -0.367 e. The molecule has 0 saturated heterocycles. The molecule has 74 valence electrons. The Morgan fingerprint density at radius 3 is 2.93 bits per heavy atom. The lowest BCUT2D eigenvalue weighted by Gasteiger charge is -2.23. The van der Waals surface area contributed by atoms with E-state index < -0.39 is 0 Å². The van der Waals surface area contributed by atoms with Crippen LogP contribution in [-0.4, -0.2) is 16.0 Å². The van der Waals surface area contributed by atoms with Gasteiger partial charge in [0.25, 0.3) is 0 Å². The second-order valence-electron chi connectivity index (χ2n) is 4.52. The van der Waals surface area contributed by atoms with Gasteiger partial charge in [0.2, 0.25) is 0 Å². The van der Waals surface area contributed by atoms with Gasteiger partial charge in [-0.1, -0.05) is 6.42 Å². The van der Waals surface area contributed by atoms with Gasteiger partial charge in [-0.2, -0.15) is 0 Å². The monoisotopic (exact) mass is 189 g/mol. The van der Waals surface area contributed by atoms with E-state index in [4.69, 9.17) is 0 Å². The number of anilines is 1. The molecular weight excluding hydrogens is 174 g/mol. The van der Waals surface area contributed by atoms with Gasteiger partial charge in [0.1, 0.15) is 12.1 Å². The number of hydrogen-bond donors (Lipinski definition) is 1. The van der Waals surface area contributed by atoms with Gasteiger partial charge in [-0.05, 0) is 37.2 Å². The minimum absolute atomic E-state index is 0.670. The standard InChI is InChI=1S/C11H15N3/c1-2-9-5-8(1)6-10(9)14-11-3-4-12-7-13-11/h3-4,7-10H,1-2,5-6H2,(H,12,13,14). The SMILES string of the molecule is c1cc(NC2CC3CCC2C3)ncn1. The topological polar surface area (TPSA) is 37.8 Å². The summed E-state index contributed by atoms with van der Waals surface area (Å²) in [6.45, 7) is 0. The average Bonchev–Trinajstić information content (AvgIpc) is 2.81. The first-order valence-electron chi connectivity index (χ1n) is 5.44. The Labute approximate surface area is 84.0 Å². The molecule has 0 amide bonds.